The molecule has 0 aromatic heterocycles. The van der Waals surface area contributed by atoms with Gasteiger partial charge >= 0.3 is 0 Å². The van der Waals surface area contributed by atoms with Gasteiger partial charge in [0.1, 0.15) is 0 Å². The highest BCUT2D eigenvalue weighted by Gasteiger charge is 1.84. The summed E-state index contributed by atoms with van der Waals surface area (Å²) in [6.07, 6.45) is 8.79. The number of rotatable bonds is 0. The molecule has 0 unspecified atom stereocenters. The van der Waals surface area contributed by atoms with Crippen molar-refractivity contribution < 1.29 is 0 Å². The minimum absolute atomic E-state index is 1.11. The molecular formula is C7H11NS. The lowest BCUT2D eigenvalue weighted by atomic mass is 10.3. The second kappa shape index (κ2) is 4.65. The lowest BCUT2D eigenvalue weighted by Gasteiger charge is -1.94. The lowest BCUT2D eigenvalue weighted by Crippen LogP contribution is -2.02. The first-order valence-corrected chi connectivity index (χ1v) is 4.08. The van der Waals surface area contributed by atoms with Crippen LogP contribution in [0.15, 0.2) is 23.6 Å². The molecule has 1 rings (SSSR count). The van der Waals surface area contributed by atoms with E-state index in [1.54, 1.807) is 11.9 Å². The minimum Gasteiger partial charge on any atom is -0.260 e. The van der Waals surface area contributed by atoms with Crippen molar-refractivity contribution in [1.82, 2.24) is 4.72 Å². The third-order valence-electron chi connectivity index (χ3n) is 1.13. The van der Waals surface area contributed by atoms with Crippen LogP contribution in [0.5, 0.6) is 0 Å². The second-order valence-electron chi connectivity index (χ2n) is 1.91. The topological polar surface area (TPSA) is 12.0 Å². The van der Waals surface area contributed by atoms with Gasteiger partial charge in [0.15, 0.2) is 0 Å². The highest BCUT2D eigenvalue weighted by atomic mass is 32.2. The van der Waals surface area contributed by atoms with Gasteiger partial charge in [-0.3, -0.25) is 4.72 Å². The fourth-order valence-electron chi connectivity index (χ4n) is 0.659. The van der Waals surface area contributed by atoms with Crippen LogP contribution in [-0.2, 0) is 0 Å². The largest absolute Gasteiger partial charge is 0.260 e. The Labute approximate surface area is 60.4 Å². The molecule has 1 heterocycles. The summed E-state index contributed by atoms with van der Waals surface area (Å²) in [6.45, 7) is 1.11. The maximum absolute atomic E-state index is 3.22. The average Bonchev–Trinajstić information content (AvgIpc) is 2.00. The first-order chi connectivity index (χ1) is 4.50. The van der Waals surface area contributed by atoms with Crippen LogP contribution >= 0.6 is 11.9 Å². The zero-order valence-electron chi connectivity index (χ0n) is 5.34. The molecule has 1 aliphatic rings. The van der Waals surface area contributed by atoms with Crippen molar-refractivity contribution in [3.05, 3.63) is 23.6 Å². The number of allylic oxidation sites excluding steroid dienone is 3. The molecule has 1 aliphatic heterocycles. The van der Waals surface area contributed by atoms with Gasteiger partial charge in [0.25, 0.3) is 0 Å². The number of hydrogen-bond donors (Lipinski definition) is 1. The SMILES string of the molecule is C1=CCCCNSC=C1. The Morgan fingerprint density at radius 1 is 1.33 bits per heavy atom. The second-order valence-corrected chi connectivity index (χ2v) is 2.71. The smallest absolute Gasteiger partial charge is 0.00645 e. The van der Waals surface area contributed by atoms with Gasteiger partial charge in [0.2, 0.25) is 0 Å². The van der Waals surface area contributed by atoms with Gasteiger partial charge in [-0.05, 0) is 18.2 Å². The van der Waals surface area contributed by atoms with Gasteiger partial charge in [-0.2, -0.15) is 0 Å². The van der Waals surface area contributed by atoms with Gasteiger partial charge in [-0.1, -0.05) is 30.2 Å². The maximum atomic E-state index is 3.22. The van der Waals surface area contributed by atoms with Crippen molar-refractivity contribution in [2.75, 3.05) is 6.54 Å². The third kappa shape index (κ3) is 3.38. The molecule has 50 valence electrons. The molecule has 0 aromatic rings. The van der Waals surface area contributed by atoms with Crippen LogP contribution in [-0.4, -0.2) is 6.54 Å². The summed E-state index contributed by atoms with van der Waals surface area (Å²) in [5.74, 6) is 0. The summed E-state index contributed by atoms with van der Waals surface area (Å²) in [4.78, 5) is 0. The lowest BCUT2D eigenvalue weighted by molar-refractivity contribution is 0.818. The van der Waals surface area contributed by atoms with E-state index in [0.29, 0.717) is 0 Å². The Morgan fingerprint density at radius 3 is 3.33 bits per heavy atom. The molecule has 9 heavy (non-hydrogen) atoms. The highest BCUT2D eigenvalue weighted by molar-refractivity contribution is 8.00. The van der Waals surface area contributed by atoms with Gasteiger partial charge in [0.05, 0.1) is 0 Å². The first kappa shape index (κ1) is 6.90. The summed E-state index contributed by atoms with van der Waals surface area (Å²) in [6, 6.07) is 0. The summed E-state index contributed by atoms with van der Waals surface area (Å²) in [5.41, 5.74) is 0. The molecule has 0 atom stereocenters. The fraction of sp³-hybridized carbons (Fsp3) is 0.429. The molecule has 1 nitrogen and oxygen atoms in total. The molecule has 2 heteroatoms. The Bertz CT molecular complexity index is 104. The standard InChI is InChI=1S/C7H11NS/c1-2-4-6-8-9-7-5-3-1/h1,3,5,7-8H,2,4,6H2. The van der Waals surface area contributed by atoms with Crippen LogP contribution in [0.1, 0.15) is 12.8 Å². The van der Waals surface area contributed by atoms with E-state index in [1.165, 1.54) is 12.8 Å². The Balaban J connectivity index is 2.28. The number of nitrogens with one attached hydrogen (secondary N) is 1. The molecule has 0 amide bonds. The van der Waals surface area contributed by atoms with Crippen molar-refractivity contribution in [3.8, 4) is 0 Å². The zero-order valence-corrected chi connectivity index (χ0v) is 6.16. The van der Waals surface area contributed by atoms with Crippen molar-refractivity contribution >= 4 is 11.9 Å². The number of hydrogen-bond acceptors (Lipinski definition) is 2. The molecule has 0 spiro atoms. The molecule has 1 N–H and O–H groups in total. The van der Waals surface area contributed by atoms with Crippen LogP contribution in [0.2, 0.25) is 0 Å². The van der Waals surface area contributed by atoms with E-state index in [4.69, 9.17) is 0 Å². The van der Waals surface area contributed by atoms with Crippen LogP contribution in [0.3, 0.4) is 0 Å². The fourth-order valence-corrected chi connectivity index (χ4v) is 1.19. The zero-order chi connectivity index (χ0) is 6.36. The van der Waals surface area contributed by atoms with Crippen molar-refractivity contribution in [3.63, 3.8) is 0 Å². The van der Waals surface area contributed by atoms with E-state index in [0.717, 1.165) is 6.54 Å². The molecule has 0 aliphatic carbocycles. The Kier molecular flexibility index (Phi) is 3.57. The van der Waals surface area contributed by atoms with Gasteiger partial charge in [-0.15, -0.1) is 0 Å². The summed E-state index contributed by atoms with van der Waals surface area (Å²) in [5, 5.41) is 2.06. The summed E-state index contributed by atoms with van der Waals surface area (Å²) in [7, 11) is 0. The van der Waals surface area contributed by atoms with E-state index >= 15 is 0 Å². The monoisotopic (exact) mass is 141 g/mol. The van der Waals surface area contributed by atoms with Crippen molar-refractivity contribution in [2.45, 2.75) is 12.8 Å². The molecule has 0 radical (unpaired) electrons. The van der Waals surface area contributed by atoms with E-state index in [-0.39, 0.29) is 0 Å². The molecule has 0 saturated heterocycles. The average molecular weight is 141 g/mol. The van der Waals surface area contributed by atoms with E-state index in [9.17, 15) is 0 Å². The predicted octanol–water partition coefficient (Wildman–Crippen LogP) is 2.09. The van der Waals surface area contributed by atoms with Crippen LogP contribution in [0.25, 0.3) is 0 Å². The third-order valence-corrected chi connectivity index (χ3v) is 1.79. The summed E-state index contributed by atoms with van der Waals surface area (Å²) >= 11 is 1.66. The Hall–Kier alpha value is -0.210. The first-order valence-electron chi connectivity index (χ1n) is 3.20. The normalized spacial score (nSPS) is 20.4. The van der Waals surface area contributed by atoms with Gasteiger partial charge in [-0.25, -0.2) is 0 Å². The minimum atomic E-state index is 1.11. The van der Waals surface area contributed by atoms with Gasteiger partial charge < -0.3 is 0 Å². The van der Waals surface area contributed by atoms with E-state index < -0.39 is 0 Å². The quantitative estimate of drug-likeness (QED) is 0.518. The maximum Gasteiger partial charge on any atom is 0.00645 e. The van der Waals surface area contributed by atoms with Crippen molar-refractivity contribution in [1.29, 1.82) is 0 Å². The van der Waals surface area contributed by atoms with Crippen LogP contribution in [0.4, 0.5) is 0 Å². The molecule has 0 saturated carbocycles. The van der Waals surface area contributed by atoms with Crippen LogP contribution < -0.4 is 4.72 Å². The molecule has 0 fully saturated rings. The molecular weight excluding hydrogens is 130 g/mol. The predicted molar refractivity (Wildman–Crippen MR) is 43.1 cm³/mol. The van der Waals surface area contributed by atoms with E-state index in [1.807, 2.05) is 0 Å². The summed E-state index contributed by atoms with van der Waals surface area (Å²) < 4.78 is 3.22. The Morgan fingerprint density at radius 2 is 2.33 bits per heavy atom. The molecule has 0 bridgehead atoms. The highest BCUT2D eigenvalue weighted by Crippen LogP contribution is 2.00. The van der Waals surface area contributed by atoms with Crippen molar-refractivity contribution in [2.24, 2.45) is 0 Å². The van der Waals surface area contributed by atoms with Gasteiger partial charge in [0, 0.05) is 6.54 Å². The van der Waals surface area contributed by atoms with E-state index in [2.05, 4.69) is 28.4 Å². The molecule has 0 aromatic carbocycles. The van der Waals surface area contributed by atoms with Crippen LogP contribution in [0, 0.1) is 0 Å².